The number of nitrogens with one attached hydrogen (secondary N) is 2. The largest absolute Gasteiger partial charge is 0.332 e. The molecule has 0 spiro atoms. The van der Waals surface area contributed by atoms with E-state index in [1.807, 2.05) is 38.4 Å². The molecule has 1 aromatic carbocycles. The van der Waals surface area contributed by atoms with Gasteiger partial charge in [-0.25, -0.2) is 0 Å². The molecule has 20 heavy (non-hydrogen) atoms. The predicted molar refractivity (Wildman–Crippen MR) is 80.1 cm³/mol. The van der Waals surface area contributed by atoms with E-state index in [0.29, 0.717) is 6.54 Å². The third-order valence-corrected chi connectivity index (χ3v) is 3.70. The smallest absolute Gasteiger partial charge is 0.279 e. The number of anilines is 1. The van der Waals surface area contributed by atoms with Crippen molar-refractivity contribution < 1.29 is 9.69 Å². The second-order valence-electron chi connectivity index (χ2n) is 5.71. The van der Waals surface area contributed by atoms with Gasteiger partial charge >= 0.3 is 0 Å². The Hall–Kier alpha value is -1.94. The quantitative estimate of drug-likeness (QED) is 0.867. The fourth-order valence-electron chi connectivity index (χ4n) is 2.86. The van der Waals surface area contributed by atoms with Crippen molar-refractivity contribution in [3.63, 3.8) is 0 Å². The van der Waals surface area contributed by atoms with Crippen LogP contribution in [0.2, 0.25) is 0 Å². The van der Waals surface area contributed by atoms with Crippen LogP contribution in [-0.4, -0.2) is 31.5 Å². The van der Waals surface area contributed by atoms with E-state index >= 15 is 0 Å². The number of carbonyl (C=O) groups excluding carboxylic acids is 1. The summed E-state index contributed by atoms with van der Waals surface area (Å²) in [6.45, 7) is 0.478. The van der Waals surface area contributed by atoms with E-state index in [9.17, 15) is 4.79 Å². The SMILES string of the molecule is C[NH+](C)CC(=O)Nc1c2c(nc3ccccc13)CCC2. The third-order valence-electron chi connectivity index (χ3n) is 3.70. The highest BCUT2D eigenvalue weighted by Crippen LogP contribution is 2.33. The molecule has 0 radical (unpaired) electrons. The molecular weight excluding hydrogens is 250 g/mol. The van der Waals surface area contributed by atoms with Crippen molar-refractivity contribution >= 4 is 22.5 Å². The first-order chi connectivity index (χ1) is 9.65. The number of amides is 1. The maximum absolute atomic E-state index is 12.1. The first kappa shape index (κ1) is 13.1. The molecule has 104 valence electrons. The van der Waals surface area contributed by atoms with Crippen LogP contribution in [0.5, 0.6) is 0 Å². The zero-order valence-electron chi connectivity index (χ0n) is 12.0. The van der Waals surface area contributed by atoms with Gasteiger partial charge in [0.15, 0.2) is 6.54 Å². The van der Waals surface area contributed by atoms with Crippen LogP contribution in [0.3, 0.4) is 0 Å². The number of hydrogen-bond donors (Lipinski definition) is 2. The lowest BCUT2D eigenvalue weighted by atomic mass is 10.1. The first-order valence-corrected chi connectivity index (χ1v) is 7.14. The molecule has 1 aliphatic rings. The third kappa shape index (κ3) is 2.39. The second-order valence-corrected chi connectivity index (χ2v) is 5.71. The number of carbonyl (C=O) groups is 1. The lowest BCUT2D eigenvalue weighted by Crippen LogP contribution is -3.06. The summed E-state index contributed by atoms with van der Waals surface area (Å²) < 4.78 is 0. The summed E-state index contributed by atoms with van der Waals surface area (Å²) in [6, 6.07) is 8.05. The van der Waals surface area contributed by atoms with Crippen LogP contribution in [0, 0.1) is 0 Å². The van der Waals surface area contributed by atoms with Crippen molar-refractivity contribution in [3.8, 4) is 0 Å². The molecule has 4 nitrogen and oxygen atoms in total. The summed E-state index contributed by atoms with van der Waals surface area (Å²) in [5.74, 6) is 0.0652. The minimum Gasteiger partial charge on any atom is -0.332 e. The average molecular weight is 270 g/mol. The molecule has 2 N–H and O–H groups in total. The van der Waals surface area contributed by atoms with Crippen molar-refractivity contribution in [3.05, 3.63) is 35.5 Å². The van der Waals surface area contributed by atoms with Gasteiger partial charge in [-0.1, -0.05) is 18.2 Å². The van der Waals surface area contributed by atoms with E-state index in [4.69, 9.17) is 4.98 Å². The summed E-state index contributed by atoms with van der Waals surface area (Å²) in [5.41, 5.74) is 4.33. The molecule has 0 aliphatic heterocycles. The molecule has 0 atom stereocenters. The molecule has 2 aromatic rings. The van der Waals surface area contributed by atoms with Crippen LogP contribution in [0.4, 0.5) is 5.69 Å². The maximum atomic E-state index is 12.1. The van der Waals surface area contributed by atoms with E-state index in [2.05, 4.69) is 5.32 Å². The highest BCUT2D eigenvalue weighted by atomic mass is 16.2. The molecule has 4 heteroatoms. The number of aromatic nitrogens is 1. The zero-order chi connectivity index (χ0) is 14.1. The topological polar surface area (TPSA) is 46.4 Å². The van der Waals surface area contributed by atoms with E-state index in [-0.39, 0.29) is 5.91 Å². The van der Waals surface area contributed by atoms with Crippen LogP contribution >= 0.6 is 0 Å². The zero-order valence-corrected chi connectivity index (χ0v) is 12.0. The van der Waals surface area contributed by atoms with E-state index in [1.165, 1.54) is 5.56 Å². The van der Waals surface area contributed by atoms with Crippen molar-refractivity contribution in [1.82, 2.24) is 4.98 Å². The van der Waals surface area contributed by atoms with Gasteiger partial charge < -0.3 is 10.2 Å². The predicted octanol–water partition coefficient (Wildman–Crippen LogP) is 0.807. The molecule has 0 saturated heterocycles. The van der Waals surface area contributed by atoms with Crippen molar-refractivity contribution in [2.24, 2.45) is 0 Å². The minimum absolute atomic E-state index is 0.0652. The Morgan fingerprint density at radius 1 is 1.30 bits per heavy atom. The molecule has 0 saturated carbocycles. The monoisotopic (exact) mass is 270 g/mol. The Labute approximate surface area is 118 Å². The van der Waals surface area contributed by atoms with Gasteiger partial charge in [0, 0.05) is 11.1 Å². The minimum atomic E-state index is 0.0652. The number of pyridine rings is 1. The normalized spacial score (nSPS) is 13.8. The number of nitrogens with zero attached hydrogens (tertiary/aromatic N) is 1. The van der Waals surface area contributed by atoms with E-state index in [1.54, 1.807) is 0 Å². The van der Waals surface area contributed by atoms with Gasteiger partial charge in [-0.05, 0) is 30.9 Å². The highest BCUT2D eigenvalue weighted by molar-refractivity contribution is 6.03. The lowest BCUT2D eigenvalue weighted by molar-refractivity contribution is -0.849. The average Bonchev–Trinajstić information content (AvgIpc) is 2.85. The van der Waals surface area contributed by atoms with Crippen LogP contribution < -0.4 is 10.2 Å². The molecule has 0 unspecified atom stereocenters. The van der Waals surface area contributed by atoms with Crippen molar-refractivity contribution in [2.75, 3.05) is 26.0 Å². The summed E-state index contributed by atoms with van der Waals surface area (Å²) in [7, 11) is 3.96. The summed E-state index contributed by atoms with van der Waals surface area (Å²) in [6.07, 6.45) is 3.15. The standard InChI is InChI=1S/C16H19N3O/c1-19(2)10-15(20)18-16-11-6-3-4-8-13(11)17-14-9-5-7-12(14)16/h3-4,6,8H,5,7,9-10H2,1-2H3,(H,17,18,20)/p+1. The number of likely N-dealkylation sites (N-methyl/N-ethyl adjacent to an activating group) is 1. The van der Waals surface area contributed by atoms with E-state index in [0.717, 1.165) is 46.4 Å². The van der Waals surface area contributed by atoms with Gasteiger partial charge in [0.25, 0.3) is 5.91 Å². The Morgan fingerprint density at radius 2 is 2.10 bits per heavy atom. The van der Waals surface area contributed by atoms with Gasteiger partial charge in [-0.15, -0.1) is 0 Å². The van der Waals surface area contributed by atoms with Crippen LogP contribution in [-0.2, 0) is 17.6 Å². The molecular formula is C16H20N3O+. The lowest BCUT2D eigenvalue weighted by Gasteiger charge is -2.14. The summed E-state index contributed by atoms with van der Waals surface area (Å²) in [5, 5.41) is 4.17. The Morgan fingerprint density at radius 3 is 2.90 bits per heavy atom. The number of rotatable bonds is 3. The van der Waals surface area contributed by atoms with Crippen LogP contribution in [0.1, 0.15) is 17.7 Å². The Bertz CT molecular complexity index is 664. The molecule has 1 heterocycles. The number of fused-ring (bicyclic) bond motifs is 2. The fourth-order valence-corrected chi connectivity index (χ4v) is 2.86. The Kier molecular flexibility index (Phi) is 3.40. The number of para-hydroxylation sites is 1. The van der Waals surface area contributed by atoms with Gasteiger partial charge in [-0.3, -0.25) is 9.78 Å². The number of hydrogen-bond acceptors (Lipinski definition) is 2. The first-order valence-electron chi connectivity index (χ1n) is 7.14. The maximum Gasteiger partial charge on any atom is 0.279 e. The molecule has 1 aromatic heterocycles. The number of benzene rings is 1. The molecule has 3 rings (SSSR count). The van der Waals surface area contributed by atoms with E-state index < -0.39 is 0 Å². The van der Waals surface area contributed by atoms with Gasteiger partial charge in [-0.2, -0.15) is 0 Å². The molecule has 0 bridgehead atoms. The second kappa shape index (κ2) is 5.21. The Balaban J connectivity index is 2.06. The van der Waals surface area contributed by atoms with Crippen LogP contribution in [0.25, 0.3) is 10.9 Å². The molecule has 0 fully saturated rings. The van der Waals surface area contributed by atoms with Crippen LogP contribution in [0.15, 0.2) is 24.3 Å². The molecule has 1 amide bonds. The van der Waals surface area contributed by atoms with Crippen molar-refractivity contribution in [1.29, 1.82) is 0 Å². The summed E-state index contributed by atoms with van der Waals surface area (Å²) in [4.78, 5) is 18.0. The number of quaternary nitrogens is 1. The number of aryl methyl sites for hydroxylation is 1. The highest BCUT2D eigenvalue weighted by Gasteiger charge is 2.21. The van der Waals surface area contributed by atoms with Gasteiger partial charge in [0.2, 0.25) is 0 Å². The van der Waals surface area contributed by atoms with Gasteiger partial charge in [0.1, 0.15) is 0 Å². The molecule has 1 aliphatic carbocycles. The van der Waals surface area contributed by atoms with Gasteiger partial charge in [0.05, 0.1) is 25.3 Å². The van der Waals surface area contributed by atoms with Crippen molar-refractivity contribution in [2.45, 2.75) is 19.3 Å². The fraction of sp³-hybridized carbons (Fsp3) is 0.375. The summed E-state index contributed by atoms with van der Waals surface area (Å²) >= 11 is 0.